The number of benzene rings is 2. The molecule has 0 radical (unpaired) electrons. The van der Waals surface area contributed by atoms with Gasteiger partial charge in [-0.05, 0) is 105 Å². The maximum absolute atomic E-state index is 6.67. The molecule has 8 nitrogen and oxygen atoms in total. The zero-order valence-corrected chi connectivity index (χ0v) is 38.1. The lowest BCUT2D eigenvalue weighted by Gasteiger charge is -2.30. The third-order valence-corrected chi connectivity index (χ3v) is 12.1. The Morgan fingerprint density at radius 1 is 0.516 bits per heavy atom. The van der Waals surface area contributed by atoms with Crippen molar-refractivity contribution >= 4 is 23.3 Å². The van der Waals surface area contributed by atoms with Gasteiger partial charge in [0.05, 0.1) is 40.4 Å². The Balaban J connectivity index is 1.15. The first-order valence-electron chi connectivity index (χ1n) is 23.4. The zero-order valence-electron chi connectivity index (χ0n) is 38.1. The van der Waals surface area contributed by atoms with Gasteiger partial charge in [-0.25, -0.2) is 0 Å². The van der Waals surface area contributed by atoms with Crippen LogP contribution in [0.15, 0.2) is 97.1 Å². The van der Waals surface area contributed by atoms with Crippen LogP contribution in [0, 0.1) is 0 Å². The van der Waals surface area contributed by atoms with E-state index in [1.165, 1.54) is 64.2 Å². The van der Waals surface area contributed by atoms with Crippen molar-refractivity contribution in [3.05, 3.63) is 152 Å². The first-order chi connectivity index (χ1) is 30.2. The van der Waals surface area contributed by atoms with Crippen LogP contribution in [0.3, 0.4) is 0 Å². The van der Waals surface area contributed by atoms with E-state index in [0.717, 1.165) is 122 Å². The highest BCUT2D eigenvalue weighted by molar-refractivity contribution is 5.84. The number of aromatic nitrogens is 4. The first kappa shape index (κ1) is 44.6. The second kappa shape index (κ2) is 22.1. The number of fused-ring (bicyclic) bond motifs is 8. The number of hydrogen-bond donors (Lipinski definition) is 4. The van der Waals surface area contributed by atoms with Gasteiger partial charge in [-0.3, -0.25) is 0 Å². The second-order valence-electron chi connectivity index (χ2n) is 18.1. The molecule has 328 valence electrons. The van der Waals surface area contributed by atoms with Gasteiger partial charge in [-0.15, -0.1) is 0 Å². The Bertz CT molecular complexity index is 2550. The predicted molar refractivity (Wildman–Crippen MR) is 257 cm³/mol. The smallest absolute Gasteiger partial charge is 0.127 e. The van der Waals surface area contributed by atoms with E-state index in [1.54, 1.807) is 0 Å². The molecule has 4 aromatic heterocycles. The topological polar surface area (TPSA) is 84.9 Å². The van der Waals surface area contributed by atoms with Crippen LogP contribution in [0.1, 0.15) is 118 Å². The lowest BCUT2D eigenvalue weighted by Crippen LogP contribution is -2.42. The third kappa shape index (κ3) is 12.6. The van der Waals surface area contributed by atoms with Gasteiger partial charge in [0.15, 0.2) is 0 Å². The molecule has 4 N–H and O–H groups in total. The van der Waals surface area contributed by atoms with Crippen LogP contribution in [0.4, 0.5) is 0 Å². The molecule has 6 aromatic rings. The van der Waals surface area contributed by atoms with E-state index in [9.17, 15) is 0 Å². The van der Waals surface area contributed by atoms with E-state index < -0.39 is 0 Å². The highest BCUT2D eigenvalue weighted by atomic mass is 16.5. The molecular weight excluding hydrogens is 765 g/mol. The van der Waals surface area contributed by atoms with E-state index in [4.69, 9.17) is 9.47 Å². The van der Waals surface area contributed by atoms with Crippen LogP contribution in [-0.4, -0.2) is 90.4 Å². The number of nitrogens with zero attached hydrogens (tertiary/aromatic N) is 2. The normalized spacial score (nSPS) is 12.7. The van der Waals surface area contributed by atoms with Gasteiger partial charge in [0.2, 0.25) is 0 Å². The van der Waals surface area contributed by atoms with Gasteiger partial charge in [-0.2, -0.15) is 0 Å². The molecule has 0 aliphatic carbocycles. The number of H-pyrrole nitrogens is 4. The lowest BCUT2D eigenvalue weighted by atomic mass is 10.0. The number of unbranched alkanes of at least 4 members (excludes halogenated alkanes) is 9. The third-order valence-electron chi connectivity index (χ3n) is 12.1. The summed E-state index contributed by atoms with van der Waals surface area (Å²) in [5.74, 6) is 1.79. The molecule has 0 fully saturated rings. The summed E-state index contributed by atoms with van der Waals surface area (Å²) in [5, 5.41) is 4.09. The fourth-order valence-electron chi connectivity index (χ4n) is 8.69. The first-order valence-corrected chi connectivity index (χ1v) is 23.4. The monoisotopic (exact) mass is 836 g/mol. The molecule has 2 aromatic carbocycles. The summed E-state index contributed by atoms with van der Waals surface area (Å²) in [6.07, 6.45) is 19.6. The van der Waals surface area contributed by atoms with Crippen LogP contribution in [0.25, 0.3) is 23.3 Å². The summed E-state index contributed by atoms with van der Waals surface area (Å²) in [6, 6.07) is 34.4. The largest absolute Gasteiger partial charge is 0.494 e. The molecule has 62 heavy (non-hydrogen) atoms. The molecule has 0 amide bonds. The molecule has 7 rings (SSSR count). The zero-order chi connectivity index (χ0) is 43.2. The average molecular weight is 836 g/mol. The average Bonchev–Trinajstić information content (AvgIpc) is 4.10. The molecule has 1 aliphatic heterocycles. The molecule has 5 heterocycles. The van der Waals surface area contributed by atoms with Crippen LogP contribution < -0.4 is 30.9 Å². The van der Waals surface area contributed by atoms with Crippen molar-refractivity contribution in [3.63, 3.8) is 0 Å². The molecule has 0 atom stereocenters. The molecule has 8 heteroatoms. The summed E-state index contributed by atoms with van der Waals surface area (Å²) >= 11 is 0. The number of para-hydroxylation sites is 1. The van der Waals surface area contributed by atoms with Gasteiger partial charge in [0.1, 0.15) is 11.5 Å². The van der Waals surface area contributed by atoms with Crippen molar-refractivity contribution < 1.29 is 14.0 Å². The quantitative estimate of drug-likeness (QED) is 0.0385. The van der Waals surface area contributed by atoms with Crippen molar-refractivity contribution in [1.82, 2.24) is 24.8 Å². The van der Waals surface area contributed by atoms with E-state index in [2.05, 4.69) is 169 Å². The van der Waals surface area contributed by atoms with Crippen LogP contribution in [-0.2, 0) is 0 Å². The van der Waals surface area contributed by atoms with E-state index in [-0.39, 0.29) is 0 Å². The summed E-state index contributed by atoms with van der Waals surface area (Å²) < 4.78 is 13.9. The highest BCUT2D eigenvalue weighted by Crippen LogP contribution is 2.31. The van der Waals surface area contributed by atoms with E-state index in [0.29, 0.717) is 6.61 Å². The van der Waals surface area contributed by atoms with E-state index >= 15 is 0 Å². The van der Waals surface area contributed by atoms with Gasteiger partial charge in [-0.1, -0.05) is 95.0 Å². The molecule has 0 unspecified atom stereocenters. The molecule has 0 spiro atoms. The van der Waals surface area contributed by atoms with Crippen LogP contribution in [0.5, 0.6) is 11.5 Å². The van der Waals surface area contributed by atoms with Crippen LogP contribution >= 0.6 is 0 Å². The van der Waals surface area contributed by atoms with Crippen molar-refractivity contribution in [2.24, 2.45) is 0 Å². The van der Waals surface area contributed by atoms with Gasteiger partial charge < -0.3 is 38.8 Å². The molecule has 1 aliphatic rings. The number of hydrogen-bond acceptors (Lipinski definition) is 3. The fraction of sp³-hybridized carbons (Fsp3) is 0.407. The number of quaternary nitrogens is 1. The van der Waals surface area contributed by atoms with Crippen LogP contribution in [0.2, 0.25) is 0 Å². The lowest BCUT2D eigenvalue weighted by molar-refractivity contribution is -0.890. The molecule has 8 bridgehead atoms. The Labute approximate surface area is 369 Å². The van der Waals surface area contributed by atoms with Crippen molar-refractivity contribution in [2.45, 2.75) is 84.0 Å². The summed E-state index contributed by atoms with van der Waals surface area (Å²) in [6.45, 7) is 7.00. The minimum absolute atomic E-state index is 0.650. The minimum atomic E-state index is 0.650. The number of nitrogens with one attached hydrogen (secondary N) is 4. The Kier molecular flexibility index (Phi) is 15.9. The number of ether oxygens (including phenoxy) is 2. The summed E-state index contributed by atoms with van der Waals surface area (Å²) in [7, 11) is 8.95. The maximum atomic E-state index is 6.67. The molecule has 0 saturated carbocycles. The van der Waals surface area contributed by atoms with Gasteiger partial charge in [0.25, 0.3) is 0 Å². The molecule has 0 saturated heterocycles. The predicted octanol–water partition coefficient (Wildman–Crippen LogP) is 8.56. The van der Waals surface area contributed by atoms with Crippen molar-refractivity contribution in [3.8, 4) is 11.5 Å². The maximum Gasteiger partial charge on any atom is 0.127 e. The standard InChI is InChI=1S/C54H71N6O2/c1-6-7-8-9-10-11-12-13-14-17-37-61-46-28-22-41(23-29-46)53-48-30-26-44(56-48)39-42-24-25-43(55-42)40-45-27-31-50(57-45)54(51-33-32-49(53)58-51)47-20-15-16-21-52(47)62-38-19-36-60(4,5)35-18-34-59(2)3/h15-16,20-33,39-40,55-58H,6-14,17-19,34-38H2,1-5H3/q+1. The van der Waals surface area contributed by atoms with Gasteiger partial charge >= 0.3 is 0 Å². The van der Waals surface area contributed by atoms with Crippen molar-refractivity contribution in [1.29, 1.82) is 0 Å². The minimum Gasteiger partial charge on any atom is -0.494 e. The Morgan fingerprint density at radius 2 is 1.10 bits per heavy atom. The van der Waals surface area contributed by atoms with Crippen molar-refractivity contribution in [2.75, 3.05) is 61.0 Å². The second-order valence-corrected chi connectivity index (χ2v) is 18.1. The Morgan fingerprint density at radius 3 is 1.76 bits per heavy atom. The Hall–Kier alpha value is -5.44. The SMILES string of the molecule is CCCCCCCCCCCCOc1ccc(C2=c3ccc([nH]3)=Cc3ccc([nH]3)C=c3ccc([nH]3)=C(c3ccccc3OCCC[N+](C)(C)CCCN(C)C)c3ccc2[nH]3)cc1. The summed E-state index contributed by atoms with van der Waals surface area (Å²) in [4.78, 5) is 17.2. The number of aromatic amines is 4. The van der Waals surface area contributed by atoms with E-state index in [1.807, 2.05) is 0 Å². The number of rotatable bonds is 23. The fourth-order valence-corrected chi connectivity index (χ4v) is 8.69. The van der Waals surface area contributed by atoms with Gasteiger partial charge in [0, 0.05) is 80.3 Å². The molecular formula is C54H71N6O2+. The summed E-state index contributed by atoms with van der Waals surface area (Å²) in [5.41, 5.74) is 8.38. The highest BCUT2D eigenvalue weighted by Gasteiger charge is 2.19.